The van der Waals surface area contributed by atoms with Crippen LogP contribution in [-0.4, -0.2) is 12.1 Å². The highest BCUT2D eigenvalue weighted by Crippen LogP contribution is 2.20. The summed E-state index contributed by atoms with van der Waals surface area (Å²) in [4.78, 5) is 3.93. The molecule has 60 valence electrons. The van der Waals surface area contributed by atoms with Gasteiger partial charge in [-0.25, -0.2) is 4.98 Å². The van der Waals surface area contributed by atoms with Crippen LogP contribution < -0.4 is 4.74 Å². The minimum absolute atomic E-state index is 0.358. The Labute approximate surface area is 75.1 Å². The van der Waals surface area contributed by atoms with Crippen molar-refractivity contribution < 1.29 is 4.74 Å². The minimum atomic E-state index is 0.358. The molecule has 1 aromatic heterocycles. The quantitative estimate of drug-likeness (QED) is 0.671. The first-order valence-corrected chi connectivity index (χ1v) is 3.93. The number of ether oxygens (including phenoxy) is 1. The van der Waals surface area contributed by atoms with Gasteiger partial charge in [0.15, 0.2) is 0 Å². The Morgan fingerprint density at radius 3 is 2.91 bits per heavy atom. The predicted octanol–water partition coefficient (Wildman–Crippen LogP) is 2.48. The molecule has 0 aromatic carbocycles. The maximum atomic E-state index is 5.68. The van der Waals surface area contributed by atoms with Crippen molar-refractivity contribution in [1.82, 2.24) is 4.98 Å². The van der Waals surface area contributed by atoms with Crippen molar-refractivity contribution in [3.63, 3.8) is 0 Å². The number of rotatable bonds is 2. The molecule has 1 heterocycles. The molecule has 0 atom stereocenters. The largest absolute Gasteiger partial charge is 0.481 e. The monoisotopic (exact) mass is 191 g/mol. The van der Waals surface area contributed by atoms with Crippen LogP contribution in [0.1, 0.15) is 5.56 Å². The summed E-state index contributed by atoms with van der Waals surface area (Å²) >= 11 is 11.3. The van der Waals surface area contributed by atoms with Gasteiger partial charge in [0.1, 0.15) is 0 Å². The highest BCUT2D eigenvalue weighted by atomic mass is 35.5. The molecular formula is C7H7Cl2NO. The Morgan fingerprint density at radius 1 is 1.64 bits per heavy atom. The van der Waals surface area contributed by atoms with Gasteiger partial charge in [-0.15, -0.1) is 11.6 Å². The van der Waals surface area contributed by atoms with Crippen LogP contribution >= 0.6 is 23.2 Å². The van der Waals surface area contributed by atoms with Crippen LogP contribution in [0, 0.1) is 0 Å². The van der Waals surface area contributed by atoms with Crippen molar-refractivity contribution in [3.05, 3.63) is 22.8 Å². The molecule has 1 aromatic rings. The van der Waals surface area contributed by atoms with Gasteiger partial charge in [-0.05, 0) is 6.07 Å². The first-order valence-electron chi connectivity index (χ1n) is 3.02. The molecule has 0 aliphatic carbocycles. The second kappa shape index (κ2) is 3.79. The van der Waals surface area contributed by atoms with Crippen molar-refractivity contribution in [1.29, 1.82) is 0 Å². The summed E-state index contributed by atoms with van der Waals surface area (Å²) in [7, 11) is 1.55. The summed E-state index contributed by atoms with van der Waals surface area (Å²) in [5.74, 6) is 0.890. The van der Waals surface area contributed by atoms with E-state index in [2.05, 4.69) is 4.98 Å². The van der Waals surface area contributed by atoms with E-state index >= 15 is 0 Å². The van der Waals surface area contributed by atoms with Crippen LogP contribution in [0.25, 0.3) is 0 Å². The van der Waals surface area contributed by atoms with Crippen molar-refractivity contribution in [2.75, 3.05) is 7.11 Å². The third kappa shape index (κ3) is 1.98. The number of hydrogen-bond acceptors (Lipinski definition) is 2. The van der Waals surface area contributed by atoms with E-state index in [9.17, 15) is 0 Å². The molecule has 0 aliphatic rings. The average molecular weight is 192 g/mol. The Morgan fingerprint density at radius 2 is 2.36 bits per heavy atom. The Bertz CT molecular complexity index is 252. The Hall–Kier alpha value is -0.470. The summed E-state index contributed by atoms with van der Waals surface area (Å²) in [6, 6.07) is 1.74. The molecule has 0 N–H and O–H groups in total. The number of methoxy groups -OCH3 is 1. The average Bonchev–Trinajstić information content (AvgIpc) is 2.04. The molecular weight excluding hydrogens is 185 g/mol. The van der Waals surface area contributed by atoms with Crippen LogP contribution in [-0.2, 0) is 5.88 Å². The molecule has 11 heavy (non-hydrogen) atoms. The first-order chi connectivity index (χ1) is 5.27. The highest BCUT2D eigenvalue weighted by Gasteiger charge is 2.02. The highest BCUT2D eigenvalue weighted by molar-refractivity contribution is 6.30. The molecule has 0 saturated heterocycles. The SMILES string of the molecule is COc1ncc(Cl)cc1CCl. The molecule has 0 amide bonds. The lowest BCUT2D eigenvalue weighted by Crippen LogP contribution is -1.92. The molecule has 0 bridgehead atoms. The lowest BCUT2D eigenvalue weighted by molar-refractivity contribution is 0.394. The van der Waals surface area contributed by atoms with Crippen molar-refractivity contribution in [3.8, 4) is 5.88 Å². The number of pyridine rings is 1. The molecule has 1 rings (SSSR count). The summed E-state index contributed by atoms with van der Waals surface area (Å²) in [6.45, 7) is 0. The fraction of sp³-hybridized carbons (Fsp3) is 0.286. The zero-order valence-corrected chi connectivity index (χ0v) is 7.49. The fourth-order valence-electron chi connectivity index (χ4n) is 0.748. The fourth-order valence-corrected chi connectivity index (χ4v) is 1.12. The van der Waals surface area contributed by atoms with Crippen LogP contribution in [0.3, 0.4) is 0 Å². The van der Waals surface area contributed by atoms with E-state index in [1.54, 1.807) is 13.2 Å². The number of alkyl halides is 1. The maximum Gasteiger partial charge on any atom is 0.217 e. The van der Waals surface area contributed by atoms with Gasteiger partial charge in [-0.1, -0.05) is 11.6 Å². The standard InChI is InChI=1S/C7H7Cl2NO/c1-11-7-5(3-8)2-6(9)4-10-7/h2,4H,3H2,1H3. The molecule has 2 nitrogen and oxygen atoms in total. The van der Waals surface area contributed by atoms with E-state index < -0.39 is 0 Å². The van der Waals surface area contributed by atoms with Crippen LogP contribution in [0.5, 0.6) is 5.88 Å². The molecule has 0 fully saturated rings. The second-order valence-electron chi connectivity index (χ2n) is 1.96. The van der Waals surface area contributed by atoms with Gasteiger partial charge in [0.05, 0.1) is 18.0 Å². The molecule has 0 saturated carbocycles. The number of aromatic nitrogens is 1. The van der Waals surface area contributed by atoms with E-state index in [1.165, 1.54) is 6.20 Å². The minimum Gasteiger partial charge on any atom is -0.481 e. The van der Waals surface area contributed by atoms with Crippen LogP contribution in [0.15, 0.2) is 12.3 Å². The van der Waals surface area contributed by atoms with Crippen molar-refractivity contribution >= 4 is 23.2 Å². The van der Waals surface area contributed by atoms with Gasteiger partial charge in [-0.3, -0.25) is 0 Å². The Balaban J connectivity index is 3.06. The van der Waals surface area contributed by atoms with Gasteiger partial charge >= 0.3 is 0 Å². The van der Waals surface area contributed by atoms with E-state index in [4.69, 9.17) is 27.9 Å². The molecule has 0 spiro atoms. The van der Waals surface area contributed by atoms with Crippen molar-refractivity contribution in [2.45, 2.75) is 5.88 Å². The lowest BCUT2D eigenvalue weighted by atomic mass is 10.3. The first kappa shape index (κ1) is 8.62. The van der Waals surface area contributed by atoms with Crippen molar-refractivity contribution in [2.24, 2.45) is 0 Å². The third-order valence-corrected chi connectivity index (χ3v) is 1.72. The van der Waals surface area contributed by atoms with E-state index in [0.717, 1.165) is 5.56 Å². The number of halogens is 2. The predicted molar refractivity (Wildman–Crippen MR) is 45.4 cm³/mol. The molecule has 4 heteroatoms. The Kier molecular flexibility index (Phi) is 2.97. The summed E-state index contributed by atoms with van der Waals surface area (Å²) < 4.78 is 4.94. The van der Waals surface area contributed by atoms with Crippen LogP contribution in [0.2, 0.25) is 5.02 Å². The molecule has 0 aliphatic heterocycles. The van der Waals surface area contributed by atoms with Crippen LogP contribution in [0.4, 0.5) is 0 Å². The molecule has 0 radical (unpaired) electrons. The van der Waals surface area contributed by atoms with Gasteiger partial charge in [0, 0.05) is 11.8 Å². The maximum absolute atomic E-state index is 5.68. The number of hydrogen-bond donors (Lipinski definition) is 0. The van der Waals surface area contributed by atoms with Gasteiger partial charge < -0.3 is 4.74 Å². The second-order valence-corrected chi connectivity index (χ2v) is 2.66. The van der Waals surface area contributed by atoms with E-state index in [-0.39, 0.29) is 0 Å². The summed E-state index contributed by atoms with van der Waals surface area (Å²) in [6.07, 6.45) is 1.52. The van der Waals surface area contributed by atoms with Gasteiger partial charge in [-0.2, -0.15) is 0 Å². The zero-order valence-electron chi connectivity index (χ0n) is 5.97. The third-order valence-electron chi connectivity index (χ3n) is 1.23. The normalized spacial score (nSPS) is 9.73. The number of nitrogens with zero attached hydrogens (tertiary/aromatic N) is 1. The lowest BCUT2D eigenvalue weighted by Gasteiger charge is -2.03. The van der Waals surface area contributed by atoms with Gasteiger partial charge in [0.25, 0.3) is 0 Å². The zero-order chi connectivity index (χ0) is 8.27. The summed E-state index contributed by atoms with van der Waals surface area (Å²) in [5, 5.41) is 0.571. The van der Waals surface area contributed by atoms with E-state index in [0.29, 0.717) is 16.8 Å². The smallest absolute Gasteiger partial charge is 0.217 e. The topological polar surface area (TPSA) is 22.1 Å². The van der Waals surface area contributed by atoms with E-state index in [1.807, 2.05) is 0 Å². The van der Waals surface area contributed by atoms with Gasteiger partial charge in [0.2, 0.25) is 5.88 Å². The summed E-state index contributed by atoms with van der Waals surface area (Å²) in [5.41, 5.74) is 0.807. The molecule has 0 unspecified atom stereocenters.